The Hall–Kier alpha value is -3.07. The number of aliphatic hydroxyl groups is 1. The van der Waals surface area contributed by atoms with Crippen LogP contribution in [-0.2, 0) is 14.3 Å². The maximum atomic E-state index is 13.4. The summed E-state index contributed by atoms with van der Waals surface area (Å²) in [5, 5.41) is 11.8. The Morgan fingerprint density at radius 2 is 1.79 bits per heavy atom. The Balaban J connectivity index is 1.68. The first-order chi connectivity index (χ1) is 18.8. The number of hydrogen-bond acceptors (Lipinski definition) is 7. The lowest BCUT2D eigenvalue weighted by Crippen LogP contribution is -2.39. The molecular formula is C30H37ClN2O6. The number of aliphatic hydroxyl groups excluding tert-OH is 1. The number of Topliss-reactive ketones (excluding diaryl/α,β-unsaturated/α-hetero) is 1. The van der Waals surface area contributed by atoms with E-state index < -0.39 is 17.7 Å². The van der Waals surface area contributed by atoms with Gasteiger partial charge in [-0.15, -0.1) is 0 Å². The van der Waals surface area contributed by atoms with E-state index in [1.807, 2.05) is 6.07 Å². The molecule has 9 heteroatoms. The van der Waals surface area contributed by atoms with Crippen LogP contribution < -0.4 is 9.47 Å². The Kier molecular flexibility index (Phi) is 9.88. The summed E-state index contributed by atoms with van der Waals surface area (Å²) in [7, 11) is 1.56. The summed E-state index contributed by atoms with van der Waals surface area (Å²) in [6.07, 6.45) is 1.58. The van der Waals surface area contributed by atoms with Crippen molar-refractivity contribution in [3.05, 3.63) is 64.2 Å². The van der Waals surface area contributed by atoms with Crippen LogP contribution in [0, 0.1) is 5.92 Å². The van der Waals surface area contributed by atoms with Crippen LogP contribution in [0.3, 0.4) is 0 Å². The van der Waals surface area contributed by atoms with E-state index in [1.165, 1.54) is 0 Å². The van der Waals surface area contributed by atoms with Crippen LogP contribution in [0.2, 0.25) is 5.02 Å². The second-order valence-electron chi connectivity index (χ2n) is 10.2. The number of amides is 1. The molecule has 0 saturated carbocycles. The van der Waals surface area contributed by atoms with Gasteiger partial charge in [0.15, 0.2) is 11.5 Å². The zero-order valence-corrected chi connectivity index (χ0v) is 23.6. The number of halogens is 1. The third kappa shape index (κ3) is 6.93. The molecule has 2 aliphatic heterocycles. The molecule has 1 atom stereocenters. The standard InChI is InChI=1S/C30H37ClN2O6/c1-20(2)11-16-39-24-10-7-22(19-25(24)37-3)27-26(28(34)21-5-8-23(31)9-6-21)29(35)30(36)33(27)13-4-12-32-14-17-38-18-15-32/h5-10,19-20,27,34H,4,11-18H2,1-3H3/t27-/m1/s1. The summed E-state index contributed by atoms with van der Waals surface area (Å²) in [5.74, 6) is 0.0107. The fourth-order valence-corrected chi connectivity index (χ4v) is 5.01. The normalized spacial score (nSPS) is 19.6. The van der Waals surface area contributed by atoms with Gasteiger partial charge in [0.05, 0.1) is 38.5 Å². The molecule has 8 nitrogen and oxygen atoms in total. The van der Waals surface area contributed by atoms with Crippen molar-refractivity contribution in [2.45, 2.75) is 32.7 Å². The van der Waals surface area contributed by atoms with Crippen molar-refractivity contribution < 1.29 is 28.9 Å². The number of ketones is 1. The molecule has 39 heavy (non-hydrogen) atoms. The second kappa shape index (κ2) is 13.3. The van der Waals surface area contributed by atoms with Gasteiger partial charge in [-0.2, -0.15) is 0 Å². The van der Waals surface area contributed by atoms with E-state index in [-0.39, 0.29) is 11.3 Å². The monoisotopic (exact) mass is 556 g/mol. The van der Waals surface area contributed by atoms with E-state index in [1.54, 1.807) is 48.4 Å². The number of likely N-dealkylation sites (tertiary alicyclic amines) is 1. The van der Waals surface area contributed by atoms with Crippen LogP contribution in [0.25, 0.3) is 5.76 Å². The minimum Gasteiger partial charge on any atom is -0.507 e. The Labute approximate surface area is 235 Å². The molecule has 210 valence electrons. The predicted octanol–water partition coefficient (Wildman–Crippen LogP) is 4.92. The zero-order chi connectivity index (χ0) is 27.9. The van der Waals surface area contributed by atoms with E-state index in [0.717, 1.165) is 26.1 Å². The summed E-state index contributed by atoms with van der Waals surface area (Å²) < 4.78 is 17.0. The average molecular weight is 557 g/mol. The highest BCUT2D eigenvalue weighted by Crippen LogP contribution is 2.42. The predicted molar refractivity (Wildman–Crippen MR) is 150 cm³/mol. The number of morpholine rings is 1. The second-order valence-corrected chi connectivity index (χ2v) is 10.7. The third-order valence-corrected chi connectivity index (χ3v) is 7.34. The fraction of sp³-hybridized carbons (Fsp3) is 0.467. The SMILES string of the molecule is COc1cc([C@@H]2C(=C(O)c3ccc(Cl)cc3)C(=O)C(=O)N2CCCN2CCOCC2)ccc1OCCC(C)C. The minimum atomic E-state index is -0.774. The molecule has 2 heterocycles. The van der Waals surface area contributed by atoms with Gasteiger partial charge in [-0.3, -0.25) is 14.5 Å². The van der Waals surface area contributed by atoms with Gasteiger partial charge in [-0.1, -0.05) is 31.5 Å². The fourth-order valence-electron chi connectivity index (χ4n) is 4.89. The number of ether oxygens (including phenoxy) is 3. The van der Waals surface area contributed by atoms with Crippen molar-refractivity contribution in [3.63, 3.8) is 0 Å². The Bertz CT molecular complexity index is 1190. The van der Waals surface area contributed by atoms with Gasteiger partial charge in [0, 0.05) is 36.8 Å². The Morgan fingerprint density at radius 3 is 2.46 bits per heavy atom. The maximum Gasteiger partial charge on any atom is 0.295 e. The average Bonchev–Trinajstić information content (AvgIpc) is 3.18. The van der Waals surface area contributed by atoms with Crippen LogP contribution in [0.5, 0.6) is 11.5 Å². The van der Waals surface area contributed by atoms with E-state index in [4.69, 9.17) is 25.8 Å². The van der Waals surface area contributed by atoms with Crippen LogP contribution in [0.1, 0.15) is 43.9 Å². The van der Waals surface area contributed by atoms with E-state index >= 15 is 0 Å². The summed E-state index contributed by atoms with van der Waals surface area (Å²) in [6.45, 7) is 9.01. The van der Waals surface area contributed by atoms with Crippen molar-refractivity contribution in [1.82, 2.24) is 9.80 Å². The molecule has 2 fully saturated rings. The van der Waals surface area contributed by atoms with E-state index in [9.17, 15) is 14.7 Å². The van der Waals surface area contributed by atoms with Crippen molar-refractivity contribution in [1.29, 1.82) is 0 Å². The van der Waals surface area contributed by atoms with Gasteiger partial charge in [-0.25, -0.2) is 0 Å². The zero-order valence-electron chi connectivity index (χ0n) is 22.8. The highest BCUT2D eigenvalue weighted by atomic mass is 35.5. The summed E-state index contributed by atoms with van der Waals surface area (Å²) in [5.41, 5.74) is 1.12. The van der Waals surface area contributed by atoms with Gasteiger partial charge in [0.2, 0.25) is 0 Å². The number of benzene rings is 2. The summed E-state index contributed by atoms with van der Waals surface area (Å²) >= 11 is 6.03. The number of carbonyl (C=O) groups is 2. The summed E-state index contributed by atoms with van der Waals surface area (Å²) in [6, 6.07) is 11.2. The highest BCUT2D eigenvalue weighted by Gasteiger charge is 2.46. The summed E-state index contributed by atoms with van der Waals surface area (Å²) in [4.78, 5) is 30.5. The number of methoxy groups -OCH3 is 1. The molecule has 2 saturated heterocycles. The Morgan fingerprint density at radius 1 is 1.08 bits per heavy atom. The maximum absolute atomic E-state index is 13.4. The molecular weight excluding hydrogens is 520 g/mol. The van der Waals surface area contributed by atoms with Crippen molar-refractivity contribution >= 4 is 29.1 Å². The number of rotatable bonds is 11. The van der Waals surface area contributed by atoms with Crippen molar-refractivity contribution in [2.24, 2.45) is 5.92 Å². The molecule has 0 unspecified atom stereocenters. The first-order valence-electron chi connectivity index (χ1n) is 13.4. The lowest BCUT2D eigenvalue weighted by Gasteiger charge is -2.29. The quantitative estimate of drug-likeness (QED) is 0.239. The number of nitrogens with zero attached hydrogens (tertiary/aromatic N) is 2. The van der Waals surface area contributed by atoms with Crippen molar-refractivity contribution in [3.8, 4) is 11.5 Å². The van der Waals surface area contributed by atoms with Crippen LogP contribution in [-0.4, -0.2) is 79.7 Å². The lowest BCUT2D eigenvalue weighted by molar-refractivity contribution is -0.140. The molecule has 4 rings (SSSR count). The van der Waals surface area contributed by atoms with Crippen LogP contribution in [0.4, 0.5) is 0 Å². The van der Waals surface area contributed by atoms with E-state index in [2.05, 4.69) is 18.7 Å². The number of carbonyl (C=O) groups excluding carboxylic acids is 2. The van der Waals surface area contributed by atoms with Gasteiger partial charge in [0.25, 0.3) is 11.7 Å². The van der Waals surface area contributed by atoms with Crippen LogP contribution >= 0.6 is 11.6 Å². The molecule has 0 radical (unpaired) electrons. The highest BCUT2D eigenvalue weighted by molar-refractivity contribution is 6.46. The largest absolute Gasteiger partial charge is 0.507 e. The molecule has 2 aromatic rings. The van der Waals surface area contributed by atoms with E-state index in [0.29, 0.717) is 66.4 Å². The molecule has 1 amide bonds. The molecule has 0 aliphatic carbocycles. The van der Waals surface area contributed by atoms with Gasteiger partial charge in [-0.05, 0) is 60.7 Å². The molecule has 2 aromatic carbocycles. The van der Waals surface area contributed by atoms with Gasteiger partial charge >= 0.3 is 0 Å². The van der Waals surface area contributed by atoms with Crippen LogP contribution in [0.15, 0.2) is 48.0 Å². The lowest BCUT2D eigenvalue weighted by atomic mass is 9.95. The third-order valence-electron chi connectivity index (χ3n) is 7.09. The molecule has 0 spiro atoms. The van der Waals surface area contributed by atoms with Gasteiger partial charge < -0.3 is 24.2 Å². The first-order valence-corrected chi connectivity index (χ1v) is 13.8. The molecule has 2 aliphatic rings. The number of hydrogen-bond donors (Lipinski definition) is 1. The minimum absolute atomic E-state index is 0.0456. The molecule has 0 bridgehead atoms. The first kappa shape index (κ1) is 28.9. The molecule has 1 N–H and O–H groups in total. The topological polar surface area (TPSA) is 88.5 Å². The smallest absolute Gasteiger partial charge is 0.295 e. The van der Waals surface area contributed by atoms with Crippen molar-refractivity contribution in [2.75, 3.05) is 53.1 Å². The van der Waals surface area contributed by atoms with Gasteiger partial charge in [0.1, 0.15) is 5.76 Å². The molecule has 0 aromatic heterocycles.